The molecule has 0 spiro atoms. The van der Waals surface area contributed by atoms with Gasteiger partial charge in [0.15, 0.2) is 5.11 Å². The first-order chi connectivity index (χ1) is 16.1. The molecule has 1 atom stereocenters. The largest absolute Gasteiger partial charge is 0.465 e. The number of aryl methyl sites for hydroxylation is 1. The van der Waals surface area contributed by atoms with Crippen LogP contribution >= 0.6 is 35.3 Å². The molecule has 0 fully saturated rings. The number of amides is 1. The Kier molecular flexibility index (Phi) is 7.64. The van der Waals surface area contributed by atoms with Crippen LogP contribution in [0.5, 0.6) is 0 Å². The minimum absolute atomic E-state index is 0.199. The number of rotatable bonds is 6. The highest BCUT2D eigenvalue weighted by Gasteiger charge is 2.28. The van der Waals surface area contributed by atoms with Gasteiger partial charge in [0.1, 0.15) is 10.3 Å². The summed E-state index contributed by atoms with van der Waals surface area (Å²) in [5.74, 6) is -0.617. The molecule has 3 N–H and O–H groups in total. The van der Waals surface area contributed by atoms with Gasteiger partial charge in [-0.05, 0) is 54.7 Å². The first-order valence-electron chi connectivity index (χ1n) is 10.4. The van der Waals surface area contributed by atoms with Crippen molar-refractivity contribution in [2.24, 2.45) is 0 Å². The molecule has 1 aromatic heterocycles. The molecule has 33 heavy (non-hydrogen) atoms. The van der Waals surface area contributed by atoms with Crippen LogP contribution in [-0.2, 0) is 22.4 Å². The van der Waals surface area contributed by atoms with E-state index in [1.165, 1.54) is 35.1 Å². The van der Waals surface area contributed by atoms with E-state index >= 15 is 0 Å². The van der Waals surface area contributed by atoms with Crippen molar-refractivity contribution in [3.05, 3.63) is 82.2 Å². The van der Waals surface area contributed by atoms with Crippen molar-refractivity contribution in [2.45, 2.75) is 29.4 Å². The Bertz CT molecular complexity index is 1150. The maximum Gasteiger partial charge on any atom is 0.341 e. The van der Waals surface area contributed by atoms with E-state index in [2.05, 4.69) is 16.2 Å². The minimum Gasteiger partial charge on any atom is -0.465 e. The lowest BCUT2D eigenvalue weighted by molar-refractivity contribution is -0.121. The van der Waals surface area contributed by atoms with Crippen molar-refractivity contribution in [1.29, 1.82) is 0 Å². The van der Waals surface area contributed by atoms with Crippen LogP contribution in [0.4, 0.5) is 5.00 Å². The number of esters is 1. The quantitative estimate of drug-likeness (QED) is 0.194. The highest BCUT2D eigenvalue weighted by molar-refractivity contribution is 8.00. The average molecular weight is 498 g/mol. The molecule has 0 saturated carbocycles. The maximum absolute atomic E-state index is 13.1. The molecule has 9 heteroatoms. The maximum atomic E-state index is 13.1. The highest BCUT2D eigenvalue weighted by Crippen LogP contribution is 2.39. The molecule has 4 rings (SSSR count). The summed E-state index contributed by atoms with van der Waals surface area (Å²) in [6.07, 6.45) is 2.83. The van der Waals surface area contributed by atoms with Gasteiger partial charge in [-0.15, -0.1) is 23.1 Å². The molecular weight excluding hydrogens is 474 g/mol. The predicted molar refractivity (Wildman–Crippen MR) is 137 cm³/mol. The molecule has 170 valence electrons. The molecule has 1 aliphatic carbocycles. The lowest BCUT2D eigenvalue weighted by Crippen LogP contribution is -2.45. The summed E-state index contributed by atoms with van der Waals surface area (Å²) in [5, 5.41) is 3.42. The normalized spacial score (nSPS) is 13.0. The molecule has 0 saturated heterocycles. The topological polar surface area (TPSA) is 79.5 Å². The molecule has 0 radical (unpaired) electrons. The summed E-state index contributed by atoms with van der Waals surface area (Å²) in [6, 6.07) is 19.3. The first-order valence-corrected chi connectivity index (χ1v) is 12.5. The Hall–Kier alpha value is -2.88. The van der Waals surface area contributed by atoms with Gasteiger partial charge in [-0.1, -0.05) is 48.5 Å². The Balaban J connectivity index is 1.44. The summed E-state index contributed by atoms with van der Waals surface area (Å²) in [7, 11) is 1.37. The number of carbonyl (C=O) groups is 2. The van der Waals surface area contributed by atoms with E-state index in [1.54, 1.807) is 0 Å². The standard InChI is InChI=1S/C24H23N3O3S3/c1-30-23(29)19-17-13-8-14-18(17)33-22(19)25-24(31)27-26-21(28)20(15-9-4-2-5-10-15)32-16-11-6-3-7-12-16/h2-7,9-12,20H,8,13-14H2,1H3,(H,26,28)(H2,25,27,31)/t20-/m0/s1. The Morgan fingerprint density at radius 2 is 1.73 bits per heavy atom. The van der Waals surface area contributed by atoms with Crippen LogP contribution < -0.4 is 16.2 Å². The van der Waals surface area contributed by atoms with Gasteiger partial charge in [0.05, 0.1) is 12.7 Å². The molecule has 1 heterocycles. The third-order valence-electron chi connectivity index (χ3n) is 5.17. The molecule has 0 bridgehead atoms. The van der Waals surface area contributed by atoms with Gasteiger partial charge in [-0.25, -0.2) is 4.79 Å². The van der Waals surface area contributed by atoms with Crippen LogP contribution in [0, 0.1) is 0 Å². The lowest BCUT2D eigenvalue weighted by Gasteiger charge is -2.18. The predicted octanol–water partition coefficient (Wildman–Crippen LogP) is 4.87. The van der Waals surface area contributed by atoms with Crippen LogP contribution in [0.25, 0.3) is 0 Å². The van der Waals surface area contributed by atoms with E-state index in [9.17, 15) is 9.59 Å². The second kappa shape index (κ2) is 10.8. The van der Waals surface area contributed by atoms with Gasteiger partial charge >= 0.3 is 5.97 Å². The van der Waals surface area contributed by atoms with Crippen LogP contribution in [0.1, 0.15) is 38.0 Å². The number of hydrogen-bond acceptors (Lipinski definition) is 6. The molecule has 6 nitrogen and oxygen atoms in total. The molecule has 0 aliphatic heterocycles. The number of thiocarbonyl (C=S) groups is 1. The highest BCUT2D eigenvalue weighted by atomic mass is 32.2. The fraction of sp³-hybridized carbons (Fsp3) is 0.208. The number of hydrogen-bond donors (Lipinski definition) is 3. The number of methoxy groups -OCH3 is 1. The van der Waals surface area contributed by atoms with Crippen molar-refractivity contribution >= 4 is 57.3 Å². The smallest absolute Gasteiger partial charge is 0.341 e. The number of fused-ring (bicyclic) bond motifs is 1. The van der Waals surface area contributed by atoms with E-state index in [0.29, 0.717) is 10.6 Å². The van der Waals surface area contributed by atoms with Crippen molar-refractivity contribution in [3.8, 4) is 0 Å². The third kappa shape index (κ3) is 5.55. The molecule has 1 aliphatic rings. The van der Waals surface area contributed by atoms with E-state index < -0.39 is 5.25 Å². The summed E-state index contributed by atoms with van der Waals surface area (Å²) < 4.78 is 4.97. The molecule has 2 aromatic carbocycles. The van der Waals surface area contributed by atoms with Crippen molar-refractivity contribution < 1.29 is 14.3 Å². The summed E-state index contributed by atoms with van der Waals surface area (Å²) in [6.45, 7) is 0. The van der Waals surface area contributed by atoms with Crippen LogP contribution in [0.3, 0.4) is 0 Å². The number of anilines is 1. The zero-order valence-corrected chi connectivity index (χ0v) is 20.4. The Morgan fingerprint density at radius 3 is 2.42 bits per heavy atom. The number of thiophene rings is 1. The monoisotopic (exact) mass is 497 g/mol. The van der Waals surface area contributed by atoms with E-state index in [4.69, 9.17) is 17.0 Å². The number of hydrazine groups is 1. The minimum atomic E-state index is -0.472. The van der Waals surface area contributed by atoms with Crippen molar-refractivity contribution in [2.75, 3.05) is 12.4 Å². The SMILES string of the molecule is COC(=O)c1c(NC(=S)NNC(=O)[C@@H](Sc2ccccc2)c2ccccc2)sc2c1CCC2. The van der Waals surface area contributed by atoms with E-state index in [-0.39, 0.29) is 17.0 Å². The fourth-order valence-electron chi connectivity index (χ4n) is 3.66. The molecule has 3 aromatic rings. The fourth-order valence-corrected chi connectivity index (χ4v) is 6.21. The van der Waals surface area contributed by atoms with E-state index in [1.807, 2.05) is 60.7 Å². The van der Waals surface area contributed by atoms with Gasteiger partial charge in [0, 0.05) is 9.77 Å². The first kappa shape index (κ1) is 23.3. The van der Waals surface area contributed by atoms with Crippen LogP contribution in [0.15, 0.2) is 65.6 Å². The number of carbonyl (C=O) groups excluding carboxylic acids is 2. The summed E-state index contributed by atoms with van der Waals surface area (Å²) in [5.41, 5.74) is 7.93. The molecule has 0 unspecified atom stereocenters. The van der Waals surface area contributed by atoms with Gasteiger partial charge in [0.2, 0.25) is 0 Å². The van der Waals surface area contributed by atoms with Crippen LogP contribution in [0.2, 0.25) is 0 Å². The van der Waals surface area contributed by atoms with Gasteiger partial charge < -0.3 is 10.1 Å². The number of nitrogens with one attached hydrogen (secondary N) is 3. The average Bonchev–Trinajstić information content (AvgIpc) is 3.42. The Morgan fingerprint density at radius 1 is 1.03 bits per heavy atom. The molecule has 1 amide bonds. The molecular formula is C24H23N3O3S3. The third-order valence-corrected chi connectivity index (χ3v) is 7.85. The van der Waals surface area contributed by atoms with Gasteiger partial charge in [-0.2, -0.15) is 0 Å². The summed E-state index contributed by atoms with van der Waals surface area (Å²) in [4.78, 5) is 27.6. The van der Waals surface area contributed by atoms with Crippen LogP contribution in [-0.4, -0.2) is 24.1 Å². The second-order valence-electron chi connectivity index (χ2n) is 7.34. The number of benzene rings is 2. The number of thioether (sulfide) groups is 1. The van der Waals surface area contributed by atoms with Crippen molar-refractivity contribution in [1.82, 2.24) is 10.9 Å². The van der Waals surface area contributed by atoms with Gasteiger partial charge in [-0.3, -0.25) is 15.6 Å². The zero-order chi connectivity index (χ0) is 23.2. The number of ether oxygens (including phenoxy) is 1. The van der Waals surface area contributed by atoms with E-state index in [0.717, 1.165) is 35.3 Å². The van der Waals surface area contributed by atoms with Gasteiger partial charge in [0.25, 0.3) is 5.91 Å². The van der Waals surface area contributed by atoms with Crippen molar-refractivity contribution in [3.63, 3.8) is 0 Å². The zero-order valence-electron chi connectivity index (χ0n) is 17.9. The second-order valence-corrected chi connectivity index (χ2v) is 10.0. The lowest BCUT2D eigenvalue weighted by atomic mass is 10.1. The summed E-state index contributed by atoms with van der Waals surface area (Å²) >= 11 is 8.35. The Labute approximate surface area is 206 Å².